The van der Waals surface area contributed by atoms with Crippen LogP contribution in [0.5, 0.6) is 0 Å². The maximum absolute atomic E-state index is 12.6. The van der Waals surface area contributed by atoms with Crippen LogP contribution in [0.2, 0.25) is 0 Å². The molecule has 0 saturated carbocycles. The lowest BCUT2D eigenvalue weighted by Gasteiger charge is -2.26. The van der Waals surface area contributed by atoms with Crippen LogP contribution in [0.15, 0.2) is 19.4 Å². The molecule has 0 radical (unpaired) electrons. The molecular formula is C16H20IN3O6. The summed E-state index contributed by atoms with van der Waals surface area (Å²) in [5.41, 5.74) is -0.674. The number of amides is 1. The normalized spacial score (nSPS) is 17.0. The van der Waals surface area contributed by atoms with Crippen molar-refractivity contribution in [3.63, 3.8) is 0 Å². The first-order chi connectivity index (χ1) is 12.1. The zero-order valence-corrected chi connectivity index (χ0v) is 17.3. The summed E-state index contributed by atoms with van der Waals surface area (Å²) in [6.07, 6.45) is 0.381. The fraction of sp³-hybridized carbons (Fsp3) is 0.500. The Morgan fingerprint density at radius 3 is 2.42 bits per heavy atom. The summed E-state index contributed by atoms with van der Waals surface area (Å²) in [5, 5.41) is 0. The van der Waals surface area contributed by atoms with Crippen LogP contribution >= 0.6 is 22.6 Å². The molecule has 1 aliphatic rings. The monoisotopic (exact) mass is 477 g/mol. The molecule has 10 heteroatoms. The molecule has 0 spiro atoms. The predicted octanol–water partition coefficient (Wildman–Crippen LogP) is 0.980. The maximum Gasteiger partial charge on any atom is 0.415 e. The van der Waals surface area contributed by atoms with Crippen LogP contribution in [0.25, 0.3) is 5.70 Å². The Morgan fingerprint density at radius 2 is 1.88 bits per heavy atom. The molecule has 142 valence electrons. The second kappa shape index (κ2) is 7.64. The van der Waals surface area contributed by atoms with E-state index in [2.05, 4.69) is 0 Å². The van der Waals surface area contributed by atoms with Gasteiger partial charge in [-0.1, -0.05) is 0 Å². The van der Waals surface area contributed by atoms with Gasteiger partial charge in [-0.15, -0.1) is 0 Å². The number of hydrogen-bond acceptors (Lipinski definition) is 6. The molecule has 0 unspecified atom stereocenters. The minimum absolute atomic E-state index is 0.131. The van der Waals surface area contributed by atoms with E-state index in [1.807, 2.05) is 22.6 Å². The Hall–Kier alpha value is -2.11. The van der Waals surface area contributed by atoms with Gasteiger partial charge in [-0.3, -0.25) is 14.3 Å². The largest absolute Gasteiger partial charge is 0.467 e. The molecule has 0 aromatic carbocycles. The van der Waals surface area contributed by atoms with E-state index < -0.39 is 35.5 Å². The number of hydrogen-bond donors (Lipinski definition) is 0. The molecule has 0 saturated heterocycles. The van der Waals surface area contributed by atoms with Crippen molar-refractivity contribution < 1.29 is 19.1 Å². The highest BCUT2D eigenvalue weighted by Gasteiger charge is 2.43. The molecule has 26 heavy (non-hydrogen) atoms. The van der Waals surface area contributed by atoms with Gasteiger partial charge >= 0.3 is 17.8 Å². The Labute approximate surface area is 163 Å². The maximum atomic E-state index is 12.6. The molecule has 0 fully saturated rings. The summed E-state index contributed by atoms with van der Waals surface area (Å²) in [4.78, 5) is 50.5. The fourth-order valence-electron chi connectivity index (χ4n) is 2.69. The van der Waals surface area contributed by atoms with E-state index in [4.69, 9.17) is 9.47 Å². The third kappa shape index (κ3) is 3.55. The van der Waals surface area contributed by atoms with Crippen LogP contribution in [0.3, 0.4) is 0 Å². The number of nitrogens with zero attached hydrogens (tertiary/aromatic N) is 3. The lowest BCUT2D eigenvalue weighted by atomic mass is 10.2. The molecule has 1 aromatic heterocycles. The SMILES string of the molecule is COC(=O)[C@@H]1CC(I)=C(c2cn(C)c(=O)n(C)c2=O)N1C(=O)OC(C)C. The van der Waals surface area contributed by atoms with Crippen molar-refractivity contribution in [3.8, 4) is 0 Å². The van der Waals surface area contributed by atoms with E-state index in [-0.39, 0.29) is 17.7 Å². The van der Waals surface area contributed by atoms with Crippen LogP contribution in [0, 0.1) is 0 Å². The summed E-state index contributed by atoms with van der Waals surface area (Å²) in [7, 11) is 4.08. The van der Waals surface area contributed by atoms with Crippen molar-refractivity contribution in [1.82, 2.24) is 14.0 Å². The molecule has 2 heterocycles. The van der Waals surface area contributed by atoms with Crippen molar-refractivity contribution >= 4 is 40.4 Å². The number of aromatic nitrogens is 2. The molecule has 1 aromatic rings. The minimum Gasteiger partial charge on any atom is -0.467 e. The summed E-state index contributed by atoms with van der Waals surface area (Å²) >= 11 is 1.98. The van der Waals surface area contributed by atoms with Gasteiger partial charge in [-0.05, 0) is 36.4 Å². The molecule has 1 atom stereocenters. The number of carbonyl (C=O) groups excluding carboxylic acids is 2. The number of esters is 1. The Bertz CT molecular complexity index is 898. The predicted molar refractivity (Wildman–Crippen MR) is 102 cm³/mol. The van der Waals surface area contributed by atoms with E-state index in [1.165, 1.54) is 32.0 Å². The fourth-order valence-corrected chi connectivity index (χ4v) is 3.66. The molecule has 0 aliphatic carbocycles. The average Bonchev–Trinajstić information content (AvgIpc) is 2.92. The van der Waals surface area contributed by atoms with Crippen LogP contribution in [-0.4, -0.2) is 45.4 Å². The first kappa shape index (κ1) is 20.2. The van der Waals surface area contributed by atoms with Crippen molar-refractivity contribution in [2.24, 2.45) is 14.1 Å². The number of ether oxygens (including phenoxy) is 2. The number of halogens is 1. The van der Waals surface area contributed by atoms with Crippen LogP contribution < -0.4 is 11.2 Å². The highest BCUT2D eigenvalue weighted by molar-refractivity contribution is 14.1. The minimum atomic E-state index is -0.935. The zero-order valence-electron chi connectivity index (χ0n) is 15.1. The quantitative estimate of drug-likeness (QED) is 0.476. The van der Waals surface area contributed by atoms with Gasteiger partial charge in [-0.2, -0.15) is 0 Å². The summed E-state index contributed by atoms with van der Waals surface area (Å²) < 4.78 is 12.8. The van der Waals surface area contributed by atoms with Crippen molar-refractivity contribution in [2.45, 2.75) is 32.4 Å². The van der Waals surface area contributed by atoms with Crippen molar-refractivity contribution in [3.05, 3.63) is 36.2 Å². The van der Waals surface area contributed by atoms with Gasteiger partial charge in [0.05, 0.1) is 24.5 Å². The van der Waals surface area contributed by atoms with Crippen LogP contribution in [0.4, 0.5) is 4.79 Å². The molecule has 9 nitrogen and oxygen atoms in total. The second-order valence-corrected chi connectivity index (χ2v) is 7.40. The highest BCUT2D eigenvalue weighted by Crippen LogP contribution is 2.39. The number of aryl methyl sites for hydroxylation is 1. The van der Waals surface area contributed by atoms with E-state index in [1.54, 1.807) is 13.8 Å². The van der Waals surface area contributed by atoms with Crippen molar-refractivity contribution in [2.75, 3.05) is 7.11 Å². The molecular weight excluding hydrogens is 457 g/mol. The standard InChI is InChI=1S/C16H20IN3O6/c1-8(2)26-16(24)20-11(14(22)25-5)6-10(17)12(20)9-7-18(3)15(23)19(4)13(9)21/h7-8,11H,6H2,1-5H3/t11-/m0/s1. The van der Waals surface area contributed by atoms with Gasteiger partial charge in [0, 0.05) is 30.3 Å². The molecule has 2 rings (SSSR count). The van der Waals surface area contributed by atoms with Gasteiger partial charge in [0.25, 0.3) is 5.56 Å². The smallest absolute Gasteiger partial charge is 0.415 e. The van der Waals surface area contributed by atoms with E-state index >= 15 is 0 Å². The van der Waals surface area contributed by atoms with Gasteiger partial charge < -0.3 is 14.0 Å². The Morgan fingerprint density at radius 1 is 1.27 bits per heavy atom. The summed E-state index contributed by atoms with van der Waals surface area (Å²) in [6, 6.07) is -0.935. The third-order valence-electron chi connectivity index (χ3n) is 3.89. The summed E-state index contributed by atoms with van der Waals surface area (Å²) in [6.45, 7) is 3.36. The lowest BCUT2D eigenvalue weighted by Crippen LogP contribution is -2.44. The molecule has 1 amide bonds. The lowest BCUT2D eigenvalue weighted by molar-refractivity contribution is -0.144. The van der Waals surface area contributed by atoms with Gasteiger partial charge in [0.1, 0.15) is 6.04 Å². The average molecular weight is 477 g/mol. The van der Waals surface area contributed by atoms with Gasteiger partial charge in [0.2, 0.25) is 0 Å². The molecule has 1 aliphatic heterocycles. The zero-order chi connectivity index (χ0) is 19.8. The number of methoxy groups -OCH3 is 1. The molecule has 0 N–H and O–H groups in total. The van der Waals surface area contributed by atoms with E-state index in [0.29, 0.717) is 3.58 Å². The number of rotatable bonds is 3. The van der Waals surface area contributed by atoms with E-state index in [9.17, 15) is 19.2 Å². The topological polar surface area (TPSA) is 99.8 Å². The third-order valence-corrected chi connectivity index (χ3v) is 4.84. The first-order valence-electron chi connectivity index (χ1n) is 7.83. The summed E-state index contributed by atoms with van der Waals surface area (Å²) in [5.74, 6) is -0.614. The Balaban J connectivity index is 2.66. The van der Waals surface area contributed by atoms with Crippen LogP contribution in [0.1, 0.15) is 25.8 Å². The second-order valence-electron chi connectivity index (χ2n) is 6.10. The first-order valence-corrected chi connectivity index (χ1v) is 8.91. The Kier molecular flexibility index (Phi) is 5.94. The van der Waals surface area contributed by atoms with Gasteiger partial charge in [-0.25, -0.2) is 14.4 Å². The van der Waals surface area contributed by atoms with Crippen LogP contribution in [-0.2, 0) is 28.4 Å². The van der Waals surface area contributed by atoms with E-state index in [0.717, 1.165) is 9.47 Å². The number of carbonyl (C=O) groups is 2. The molecule has 0 bridgehead atoms. The highest BCUT2D eigenvalue weighted by atomic mass is 127. The van der Waals surface area contributed by atoms with Crippen molar-refractivity contribution in [1.29, 1.82) is 0 Å². The van der Waals surface area contributed by atoms with Gasteiger partial charge in [0.15, 0.2) is 0 Å².